The smallest absolute Gasteiger partial charge is 0.378 e. The lowest BCUT2D eigenvalue weighted by Gasteiger charge is -2.32. The fourth-order valence-corrected chi connectivity index (χ4v) is 3.85. The first kappa shape index (κ1) is 20.8. The van der Waals surface area contributed by atoms with Crippen LogP contribution in [0.25, 0.3) is 0 Å². The van der Waals surface area contributed by atoms with Gasteiger partial charge in [-0.2, -0.15) is 0 Å². The number of nitrogens with zero attached hydrogens (tertiary/aromatic N) is 1. The van der Waals surface area contributed by atoms with E-state index < -0.39 is 0 Å². The van der Waals surface area contributed by atoms with Crippen LogP contribution in [0.3, 0.4) is 0 Å². The van der Waals surface area contributed by atoms with Gasteiger partial charge in [0, 0.05) is 0 Å². The minimum absolute atomic E-state index is 0.0446. The van der Waals surface area contributed by atoms with Crippen molar-refractivity contribution >= 4 is 14.0 Å². The van der Waals surface area contributed by atoms with Crippen molar-refractivity contribution in [3.8, 4) is 5.75 Å². The van der Waals surface area contributed by atoms with Gasteiger partial charge < -0.3 is 14.3 Å². The number of piperidine rings is 1. The molecule has 2 radical (unpaired) electrons. The van der Waals surface area contributed by atoms with Gasteiger partial charge >= 0.3 is 8.05 Å². The topological polar surface area (TPSA) is 38.8 Å². The van der Waals surface area contributed by atoms with Crippen molar-refractivity contribution in [3.63, 3.8) is 0 Å². The van der Waals surface area contributed by atoms with Crippen molar-refractivity contribution in [1.82, 2.24) is 4.90 Å². The molecule has 0 amide bonds. The molecule has 0 saturated carbocycles. The monoisotopic (exact) mass is 357 g/mol. The lowest BCUT2D eigenvalue weighted by atomic mass is 9.89. The van der Waals surface area contributed by atoms with E-state index in [1.807, 2.05) is 0 Å². The van der Waals surface area contributed by atoms with E-state index >= 15 is 0 Å². The first-order valence-corrected chi connectivity index (χ1v) is 9.94. The Kier molecular flexibility index (Phi) is 9.03. The third-order valence-corrected chi connectivity index (χ3v) is 5.56. The van der Waals surface area contributed by atoms with E-state index in [4.69, 9.17) is 12.8 Å². The summed E-state index contributed by atoms with van der Waals surface area (Å²) in [7, 11) is 6.78. The number of likely N-dealkylation sites (tertiary alicyclic amines) is 1. The zero-order chi connectivity index (χ0) is 18.8. The first-order valence-electron chi connectivity index (χ1n) is 9.94. The van der Waals surface area contributed by atoms with Gasteiger partial charge in [0.25, 0.3) is 5.97 Å². The van der Waals surface area contributed by atoms with Crippen LogP contribution in [0.5, 0.6) is 5.75 Å². The van der Waals surface area contributed by atoms with E-state index in [0.29, 0.717) is 5.92 Å². The molecule has 142 valence electrons. The number of hydrogen-bond donors (Lipinski definition) is 0. The number of carbonyl (C=O) groups excluding carboxylic acids is 1. The largest absolute Gasteiger partial charge is 0.543 e. The van der Waals surface area contributed by atoms with Gasteiger partial charge in [-0.1, -0.05) is 31.9 Å². The molecule has 5 heteroatoms. The Hall–Kier alpha value is -1.49. The Morgan fingerprint density at radius 2 is 1.85 bits per heavy atom. The molecule has 4 nitrogen and oxygen atoms in total. The van der Waals surface area contributed by atoms with E-state index in [0.717, 1.165) is 57.5 Å². The Bertz CT molecular complexity index is 527. The molecule has 0 N–H and O–H groups in total. The second kappa shape index (κ2) is 11.3. The number of hydrogen-bond acceptors (Lipinski definition) is 4. The molecule has 1 aromatic rings. The van der Waals surface area contributed by atoms with Crippen LogP contribution in [-0.2, 0) is 9.45 Å². The fourth-order valence-electron chi connectivity index (χ4n) is 3.85. The molecule has 26 heavy (non-hydrogen) atoms. The third-order valence-electron chi connectivity index (χ3n) is 5.56. The molecular weight excluding hydrogens is 325 g/mol. The van der Waals surface area contributed by atoms with Gasteiger partial charge in [0.2, 0.25) is 0 Å². The van der Waals surface area contributed by atoms with Crippen molar-refractivity contribution in [2.45, 2.75) is 57.8 Å². The molecule has 1 heterocycles. The molecule has 2 rings (SSSR count). The van der Waals surface area contributed by atoms with Crippen LogP contribution in [0.15, 0.2) is 24.3 Å². The zero-order valence-corrected chi connectivity index (χ0v) is 16.3. The Balaban J connectivity index is 1.71. The second-order valence-corrected chi connectivity index (χ2v) is 7.31. The average molecular weight is 357 g/mol. The number of carbonyl (C=O) groups is 1. The Morgan fingerprint density at radius 3 is 2.42 bits per heavy atom. The summed E-state index contributed by atoms with van der Waals surface area (Å²) < 4.78 is 9.71. The average Bonchev–Trinajstić information content (AvgIpc) is 2.70. The Labute approximate surface area is 159 Å². The summed E-state index contributed by atoms with van der Waals surface area (Å²) in [6.45, 7) is 5.43. The van der Waals surface area contributed by atoms with Crippen LogP contribution >= 0.6 is 0 Å². The van der Waals surface area contributed by atoms with Crippen LogP contribution in [0.4, 0.5) is 0 Å². The minimum Gasteiger partial charge on any atom is -0.543 e. The van der Waals surface area contributed by atoms with E-state index in [1.54, 1.807) is 7.11 Å². The highest BCUT2D eigenvalue weighted by Crippen LogP contribution is 2.29. The molecule has 0 aliphatic carbocycles. The maximum Gasteiger partial charge on any atom is 0.378 e. The number of rotatable bonds is 10. The maximum atomic E-state index is 11.8. The molecular formula is C21H32BNO3. The predicted octanol–water partition coefficient (Wildman–Crippen LogP) is 4.09. The maximum absolute atomic E-state index is 11.8. The van der Waals surface area contributed by atoms with Crippen molar-refractivity contribution in [2.24, 2.45) is 5.92 Å². The molecule has 1 aliphatic rings. The summed E-state index contributed by atoms with van der Waals surface area (Å²) in [4.78, 5) is 14.3. The Morgan fingerprint density at radius 1 is 1.19 bits per heavy atom. The van der Waals surface area contributed by atoms with E-state index in [2.05, 4.69) is 40.7 Å². The highest BCUT2D eigenvalue weighted by atomic mass is 16.5. The van der Waals surface area contributed by atoms with Crippen LogP contribution in [0.2, 0.25) is 0 Å². The summed E-state index contributed by atoms with van der Waals surface area (Å²) in [6, 6.07) is 8.48. The molecule has 1 aromatic carbocycles. The molecule has 0 aromatic heterocycles. The number of benzene rings is 1. The molecule has 1 atom stereocenters. The molecule has 1 aliphatic heterocycles. The van der Waals surface area contributed by atoms with E-state index in [1.165, 1.54) is 18.4 Å². The molecule has 0 spiro atoms. The summed E-state index contributed by atoms with van der Waals surface area (Å²) in [5, 5.41) is 0. The molecule has 0 bridgehead atoms. The van der Waals surface area contributed by atoms with Gasteiger partial charge in [0.05, 0.1) is 13.0 Å². The highest BCUT2D eigenvalue weighted by Gasteiger charge is 2.22. The van der Waals surface area contributed by atoms with Crippen molar-refractivity contribution in [2.75, 3.05) is 26.7 Å². The molecule has 1 saturated heterocycles. The second-order valence-electron chi connectivity index (χ2n) is 7.31. The van der Waals surface area contributed by atoms with Gasteiger partial charge in [-0.15, -0.1) is 0 Å². The van der Waals surface area contributed by atoms with Gasteiger partial charge in [0.15, 0.2) is 0 Å². The van der Waals surface area contributed by atoms with Crippen molar-refractivity contribution < 1.29 is 14.2 Å². The third kappa shape index (κ3) is 6.35. The number of ether oxygens (including phenoxy) is 1. The first-order chi connectivity index (χ1) is 12.7. The van der Waals surface area contributed by atoms with Gasteiger partial charge in [-0.25, -0.2) is 0 Å². The van der Waals surface area contributed by atoms with Gasteiger partial charge in [0.1, 0.15) is 5.75 Å². The SMILES string of the molecule is [B]OC(=O)C(CCCC)CCCN1CCC(c2ccc(OC)cc2)CC1. The van der Waals surface area contributed by atoms with Crippen molar-refractivity contribution in [1.29, 1.82) is 0 Å². The highest BCUT2D eigenvalue weighted by molar-refractivity contribution is 6.05. The van der Waals surface area contributed by atoms with Crippen LogP contribution in [-0.4, -0.2) is 45.7 Å². The summed E-state index contributed by atoms with van der Waals surface area (Å²) in [5.41, 5.74) is 1.41. The lowest BCUT2D eigenvalue weighted by Crippen LogP contribution is -2.34. The summed E-state index contributed by atoms with van der Waals surface area (Å²) in [5.74, 6) is 1.26. The van der Waals surface area contributed by atoms with E-state index in [-0.39, 0.29) is 11.9 Å². The minimum atomic E-state index is -0.253. The normalized spacial score (nSPS) is 17.0. The zero-order valence-electron chi connectivity index (χ0n) is 16.3. The molecule has 1 fully saturated rings. The van der Waals surface area contributed by atoms with Crippen LogP contribution in [0, 0.1) is 5.92 Å². The van der Waals surface area contributed by atoms with Gasteiger partial charge in [-0.3, -0.25) is 4.79 Å². The fraction of sp³-hybridized carbons (Fsp3) is 0.667. The van der Waals surface area contributed by atoms with Gasteiger partial charge in [-0.05, 0) is 75.4 Å². The summed E-state index contributed by atoms with van der Waals surface area (Å²) in [6.07, 6.45) is 7.30. The predicted molar refractivity (Wildman–Crippen MR) is 106 cm³/mol. The number of methoxy groups -OCH3 is 1. The van der Waals surface area contributed by atoms with Crippen LogP contribution < -0.4 is 4.74 Å². The quantitative estimate of drug-likeness (QED) is 0.592. The van der Waals surface area contributed by atoms with E-state index in [9.17, 15) is 4.79 Å². The molecule has 1 unspecified atom stereocenters. The summed E-state index contributed by atoms with van der Waals surface area (Å²) >= 11 is 0. The van der Waals surface area contributed by atoms with Crippen LogP contribution in [0.1, 0.15) is 63.4 Å². The van der Waals surface area contributed by atoms with Crippen molar-refractivity contribution in [3.05, 3.63) is 29.8 Å². The standard InChI is InChI=1S/C21H32BNO3/c1-3-4-6-19(21(24)26-22)7-5-14-23-15-12-18(13-16-23)17-8-10-20(25-2)11-9-17/h8-11,18-19H,3-7,12-16H2,1-2H3. The lowest BCUT2D eigenvalue weighted by molar-refractivity contribution is -0.139. The number of unbranched alkanes of at least 4 members (excludes halogenated alkanes) is 1.